The Morgan fingerprint density at radius 1 is 0.818 bits per heavy atom. The fraction of sp³-hybridized carbons (Fsp3) is 0.857. The Hall–Kier alpha value is -0.440. The average Bonchev–Trinajstić information content (AvgIpc) is 2.47. The second kappa shape index (κ2) is 14.2. The molecule has 0 saturated carbocycles. The van der Waals surface area contributed by atoms with Crippen LogP contribution in [0.5, 0.6) is 0 Å². The molecule has 2 amide bonds. The number of carbonyl (C=O) groups excluding carboxylic acids is 2. The van der Waals surface area contributed by atoms with Gasteiger partial charge in [-0.05, 0) is 0 Å². The Bertz CT molecular complexity index is 289. The first-order valence-electron chi connectivity index (χ1n) is 7.34. The Morgan fingerprint density at radius 2 is 1.18 bits per heavy atom. The summed E-state index contributed by atoms with van der Waals surface area (Å²) < 4.78 is 10.8. The van der Waals surface area contributed by atoms with Gasteiger partial charge >= 0.3 is 0 Å². The highest BCUT2D eigenvalue weighted by atomic mass is 32.2. The van der Waals surface area contributed by atoms with Gasteiger partial charge in [-0.3, -0.25) is 9.59 Å². The van der Waals surface area contributed by atoms with Crippen LogP contribution in [0.15, 0.2) is 0 Å². The number of hydrogen-bond acceptors (Lipinski definition) is 6. The minimum Gasteiger partial charge on any atom is -0.378 e. The van der Waals surface area contributed by atoms with E-state index in [1.165, 1.54) is 0 Å². The number of rotatable bonds is 15. The molecule has 0 saturated heterocycles. The van der Waals surface area contributed by atoms with Crippen LogP contribution in [0.1, 0.15) is 13.8 Å². The minimum absolute atomic E-state index is 0.0943. The van der Waals surface area contributed by atoms with Crippen molar-refractivity contribution in [3.05, 3.63) is 0 Å². The van der Waals surface area contributed by atoms with Crippen molar-refractivity contribution < 1.29 is 19.1 Å². The number of primary amides is 2. The van der Waals surface area contributed by atoms with Gasteiger partial charge < -0.3 is 20.9 Å². The first kappa shape index (κ1) is 21.6. The van der Waals surface area contributed by atoms with Crippen molar-refractivity contribution in [3.63, 3.8) is 0 Å². The summed E-state index contributed by atoms with van der Waals surface area (Å²) in [5, 5.41) is 0. The highest BCUT2D eigenvalue weighted by molar-refractivity contribution is 7.99. The van der Waals surface area contributed by atoms with Crippen LogP contribution in [-0.4, -0.2) is 61.3 Å². The predicted molar refractivity (Wildman–Crippen MR) is 93.0 cm³/mol. The third kappa shape index (κ3) is 13.2. The molecular weight excluding hydrogens is 324 g/mol. The lowest BCUT2D eigenvalue weighted by atomic mass is 10.2. The molecule has 130 valence electrons. The van der Waals surface area contributed by atoms with E-state index in [1.807, 2.05) is 13.8 Å². The average molecular weight is 353 g/mol. The fourth-order valence-electron chi connectivity index (χ4n) is 1.24. The largest absolute Gasteiger partial charge is 0.378 e. The summed E-state index contributed by atoms with van der Waals surface area (Å²) in [7, 11) is 0. The Morgan fingerprint density at radius 3 is 1.50 bits per heavy atom. The minimum atomic E-state index is -0.259. The summed E-state index contributed by atoms with van der Waals surface area (Å²) in [4.78, 5) is 21.6. The van der Waals surface area contributed by atoms with Crippen LogP contribution in [0.25, 0.3) is 0 Å². The van der Waals surface area contributed by atoms with E-state index in [0.29, 0.717) is 26.4 Å². The monoisotopic (exact) mass is 352 g/mol. The van der Waals surface area contributed by atoms with Gasteiger partial charge in [0.2, 0.25) is 11.8 Å². The number of nitrogens with two attached hydrogens (primary N) is 2. The topological polar surface area (TPSA) is 105 Å². The van der Waals surface area contributed by atoms with Gasteiger partial charge in [0.1, 0.15) is 0 Å². The van der Waals surface area contributed by atoms with E-state index in [1.54, 1.807) is 23.5 Å². The smallest absolute Gasteiger partial charge is 0.221 e. The van der Waals surface area contributed by atoms with Crippen LogP contribution in [0, 0.1) is 11.8 Å². The molecule has 2 unspecified atom stereocenters. The number of thioether (sulfide) groups is 2. The van der Waals surface area contributed by atoms with Crippen molar-refractivity contribution in [1.82, 2.24) is 0 Å². The van der Waals surface area contributed by atoms with Crippen LogP contribution >= 0.6 is 23.5 Å². The lowest BCUT2D eigenvalue weighted by Gasteiger charge is -2.08. The van der Waals surface area contributed by atoms with Gasteiger partial charge in [-0.1, -0.05) is 13.8 Å². The first-order valence-corrected chi connectivity index (χ1v) is 9.65. The van der Waals surface area contributed by atoms with Crippen molar-refractivity contribution in [2.45, 2.75) is 13.8 Å². The SMILES string of the molecule is CC(CSCCOCCOCCSCC(C)C(N)=O)C(N)=O. The van der Waals surface area contributed by atoms with Gasteiger partial charge in [0.05, 0.1) is 26.4 Å². The van der Waals surface area contributed by atoms with E-state index in [-0.39, 0.29) is 23.7 Å². The number of ether oxygens (including phenoxy) is 2. The summed E-state index contributed by atoms with van der Waals surface area (Å²) in [5.74, 6) is 2.45. The molecule has 8 heteroatoms. The standard InChI is InChI=1S/C14H28N2O4S2/c1-11(13(15)17)9-21-7-5-19-3-4-20-6-8-22-10-12(2)14(16)18/h11-12H,3-10H2,1-2H3,(H2,15,17)(H2,16,18). The molecule has 0 heterocycles. The Kier molecular flexibility index (Phi) is 13.9. The zero-order valence-electron chi connectivity index (χ0n) is 13.4. The maximum absolute atomic E-state index is 10.8. The van der Waals surface area contributed by atoms with Crippen LogP contribution in [0.3, 0.4) is 0 Å². The first-order chi connectivity index (χ1) is 10.4. The maximum Gasteiger partial charge on any atom is 0.221 e. The van der Waals surface area contributed by atoms with E-state index in [9.17, 15) is 9.59 Å². The van der Waals surface area contributed by atoms with Crippen LogP contribution < -0.4 is 11.5 Å². The molecule has 22 heavy (non-hydrogen) atoms. The molecule has 0 aromatic carbocycles. The second-order valence-corrected chi connectivity index (χ2v) is 7.28. The van der Waals surface area contributed by atoms with Gasteiger partial charge in [0.15, 0.2) is 0 Å². The molecule has 0 bridgehead atoms. The quantitative estimate of drug-likeness (QED) is 0.421. The van der Waals surface area contributed by atoms with Crippen molar-refractivity contribution in [2.75, 3.05) is 49.4 Å². The molecule has 0 aromatic heterocycles. The van der Waals surface area contributed by atoms with Gasteiger partial charge in [-0.15, -0.1) is 0 Å². The molecule has 0 rings (SSSR count). The van der Waals surface area contributed by atoms with Crippen molar-refractivity contribution in [3.8, 4) is 0 Å². The maximum atomic E-state index is 10.8. The van der Waals surface area contributed by atoms with Gasteiger partial charge in [-0.2, -0.15) is 23.5 Å². The fourth-order valence-corrected chi connectivity index (χ4v) is 3.08. The summed E-state index contributed by atoms with van der Waals surface area (Å²) >= 11 is 3.32. The normalized spacial score (nSPS) is 13.7. The van der Waals surface area contributed by atoms with E-state index in [4.69, 9.17) is 20.9 Å². The van der Waals surface area contributed by atoms with Gasteiger partial charge in [0.25, 0.3) is 0 Å². The molecule has 0 spiro atoms. The predicted octanol–water partition coefficient (Wildman–Crippen LogP) is 0.729. The lowest BCUT2D eigenvalue weighted by molar-refractivity contribution is -0.121. The molecule has 0 radical (unpaired) electrons. The molecule has 0 aromatic rings. The molecule has 0 fully saturated rings. The van der Waals surface area contributed by atoms with E-state index in [2.05, 4.69) is 0 Å². The summed E-state index contributed by atoms with van der Waals surface area (Å²) in [6, 6.07) is 0. The van der Waals surface area contributed by atoms with Crippen molar-refractivity contribution in [2.24, 2.45) is 23.3 Å². The van der Waals surface area contributed by atoms with Crippen molar-refractivity contribution in [1.29, 1.82) is 0 Å². The molecule has 0 aliphatic rings. The molecule has 4 N–H and O–H groups in total. The number of carbonyl (C=O) groups is 2. The second-order valence-electron chi connectivity index (χ2n) is 4.98. The number of amides is 2. The molecule has 0 aliphatic carbocycles. The van der Waals surface area contributed by atoms with Crippen LogP contribution in [-0.2, 0) is 19.1 Å². The highest BCUT2D eigenvalue weighted by Crippen LogP contribution is 2.08. The lowest BCUT2D eigenvalue weighted by Crippen LogP contribution is -2.22. The van der Waals surface area contributed by atoms with Gasteiger partial charge in [-0.25, -0.2) is 0 Å². The highest BCUT2D eigenvalue weighted by Gasteiger charge is 2.08. The Balaban J connectivity index is 3.18. The van der Waals surface area contributed by atoms with Crippen molar-refractivity contribution >= 4 is 35.3 Å². The molecular formula is C14H28N2O4S2. The van der Waals surface area contributed by atoms with E-state index in [0.717, 1.165) is 23.0 Å². The van der Waals surface area contributed by atoms with E-state index < -0.39 is 0 Å². The molecule has 2 atom stereocenters. The summed E-state index contributed by atoms with van der Waals surface area (Å²) in [6.45, 7) is 6.07. The summed E-state index contributed by atoms with van der Waals surface area (Å²) in [5.41, 5.74) is 10.3. The number of hydrogen-bond donors (Lipinski definition) is 2. The molecule has 0 aliphatic heterocycles. The summed E-state index contributed by atoms with van der Waals surface area (Å²) in [6.07, 6.45) is 0. The zero-order valence-corrected chi connectivity index (χ0v) is 15.0. The van der Waals surface area contributed by atoms with Crippen LogP contribution in [0.4, 0.5) is 0 Å². The van der Waals surface area contributed by atoms with Crippen LogP contribution in [0.2, 0.25) is 0 Å². The van der Waals surface area contributed by atoms with E-state index >= 15 is 0 Å². The van der Waals surface area contributed by atoms with Gasteiger partial charge in [0, 0.05) is 34.8 Å². The third-order valence-corrected chi connectivity index (χ3v) is 5.21. The molecule has 6 nitrogen and oxygen atoms in total. The third-order valence-electron chi connectivity index (χ3n) is 2.82. The zero-order chi connectivity index (χ0) is 16.8. The Labute approximate surface area is 141 Å².